The fourth-order valence-electron chi connectivity index (χ4n) is 0.318. The molecule has 0 aromatic rings. The highest BCUT2D eigenvalue weighted by atomic mass is 35.6. The van der Waals surface area contributed by atoms with Crippen molar-refractivity contribution in [1.29, 1.82) is 0 Å². The summed E-state index contributed by atoms with van der Waals surface area (Å²) >= 11 is 0. The molecule has 0 aliphatic rings. The first-order valence-corrected chi connectivity index (χ1v) is 3.43. The Kier molecular flexibility index (Phi) is 4.51. The van der Waals surface area contributed by atoms with Crippen LogP contribution in [-0.4, -0.2) is 17.0 Å². The summed E-state index contributed by atoms with van der Waals surface area (Å²) in [6.07, 6.45) is -0.891. The number of carboxylic acids is 1. The Hall–Kier alpha value is -0.850. The Morgan fingerprint density at radius 3 is 2.27 bits per heavy atom. The van der Waals surface area contributed by atoms with Crippen molar-refractivity contribution in [3.8, 4) is 0 Å². The van der Waals surface area contributed by atoms with Crippen LogP contribution in [0.1, 0.15) is 12.8 Å². The predicted octanol–water partition coefficient (Wildman–Crippen LogP) is -2.52. The zero-order valence-corrected chi connectivity index (χ0v) is 6.04. The van der Waals surface area contributed by atoms with Gasteiger partial charge in [-0.05, 0) is 0 Å². The van der Waals surface area contributed by atoms with Crippen molar-refractivity contribution in [3.63, 3.8) is 0 Å². The number of hydrogen-bond acceptors (Lipinski definition) is 5. The van der Waals surface area contributed by atoms with E-state index in [0.29, 0.717) is 0 Å². The van der Waals surface area contributed by atoms with Crippen molar-refractivity contribution in [2.45, 2.75) is 12.8 Å². The summed E-state index contributed by atoms with van der Waals surface area (Å²) in [6, 6.07) is 0. The van der Waals surface area contributed by atoms with Gasteiger partial charge in [-0.15, -0.1) is 0 Å². The average molecular weight is 185 g/mol. The Bertz CT molecular complexity index is 155. The molecule has 0 aromatic heterocycles. The lowest BCUT2D eigenvalue weighted by Gasteiger charge is -1.91. The minimum atomic E-state index is -2.59. The molecule has 0 amide bonds. The first-order chi connectivity index (χ1) is 5.02. The lowest BCUT2D eigenvalue weighted by molar-refractivity contribution is -1.62. The second kappa shape index (κ2) is 4.89. The summed E-state index contributed by atoms with van der Waals surface area (Å²) in [4.78, 5) is 20.1. The SMILES string of the molecule is O=C(O)CCC(=O)O[Cl+2]([O-])[O-]. The molecule has 0 saturated heterocycles. The van der Waals surface area contributed by atoms with E-state index >= 15 is 0 Å². The van der Waals surface area contributed by atoms with Gasteiger partial charge >= 0.3 is 22.7 Å². The number of rotatable bonds is 4. The molecule has 7 heteroatoms. The van der Waals surface area contributed by atoms with Crippen LogP contribution in [0, 0.1) is 10.8 Å². The number of carbonyl (C=O) groups is 2. The number of halogens is 1. The van der Waals surface area contributed by atoms with Gasteiger partial charge in [-0.1, -0.05) is 4.29 Å². The summed E-state index contributed by atoms with van der Waals surface area (Å²) in [5, 5.41) is 8.03. The molecule has 0 radical (unpaired) electrons. The van der Waals surface area contributed by atoms with E-state index in [-0.39, 0.29) is 0 Å². The molecule has 0 aliphatic heterocycles. The second-order valence-corrected chi connectivity index (χ2v) is 2.06. The average Bonchev–Trinajstić information content (AvgIpc) is 1.82. The van der Waals surface area contributed by atoms with Gasteiger partial charge in [0.2, 0.25) is 0 Å². The van der Waals surface area contributed by atoms with E-state index in [0.717, 1.165) is 0 Å². The van der Waals surface area contributed by atoms with Crippen LogP contribution in [0.5, 0.6) is 0 Å². The largest absolute Gasteiger partial charge is 0.481 e. The summed E-state index contributed by atoms with van der Waals surface area (Å²) < 4.78 is 22.8. The lowest BCUT2D eigenvalue weighted by atomic mass is 10.3. The van der Waals surface area contributed by atoms with Crippen LogP contribution in [0.3, 0.4) is 0 Å². The summed E-state index contributed by atoms with van der Waals surface area (Å²) in [7, 11) is -2.59. The number of carbonyl (C=O) groups excluding carboxylic acids is 1. The van der Waals surface area contributed by atoms with E-state index in [1.165, 1.54) is 0 Å². The third-order valence-electron chi connectivity index (χ3n) is 0.692. The molecule has 11 heavy (non-hydrogen) atoms. The van der Waals surface area contributed by atoms with Crippen LogP contribution >= 0.6 is 0 Å². The molecular formula is C4H5ClO6. The van der Waals surface area contributed by atoms with Gasteiger partial charge in [0.05, 0.1) is 12.8 Å². The second-order valence-electron chi connectivity index (χ2n) is 1.53. The number of carboxylic acid groups (broad SMARTS) is 1. The van der Waals surface area contributed by atoms with Crippen LogP contribution in [0.15, 0.2) is 0 Å². The Balaban J connectivity index is 3.45. The topological polar surface area (TPSA) is 110 Å². The first-order valence-electron chi connectivity index (χ1n) is 2.51. The smallest absolute Gasteiger partial charge is 0.422 e. The highest BCUT2D eigenvalue weighted by molar-refractivity contribution is 5.75. The van der Waals surface area contributed by atoms with Crippen molar-refractivity contribution in [2.24, 2.45) is 0 Å². The van der Waals surface area contributed by atoms with Gasteiger partial charge in [0.1, 0.15) is 0 Å². The minimum Gasteiger partial charge on any atom is -0.481 e. The normalized spacial score (nSPS) is 9.73. The molecule has 0 spiro atoms. The predicted molar refractivity (Wildman–Crippen MR) is 23.0 cm³/mol. The molecule has 0 heterocycles. The van der Waals surface area contributed by atoms with Crippen molar-refractivity contribution < 1.29 is 39.1 Å². The zero-order valence-electron chi connectivity index (χ0n) is 5.28. The quantitative estimate of drug-likeness (QED) is 0.516. The van der Waals surface area contributed by atoms with Crippen LogP contribution < -0.4 is 9.32 Å². The molecule has 1 N–H and O–H groups in total. The standard InChI is InChI=1S/C4H5ClO6/c6-3(7)1-2-4(8)11-5(9)10/h1-2H2,(H,6,7). The Morgan fingerprint density at radius 1 is 1.36 bits per heavy atom. The van der Waals surface area contributed by atoms with E-state index in [1.54, 1.807) is 0 Å². The minimum absolute atomic E-state index is 0.440. The molecule has 0 bridgehead atoms. The molecule has 0 fully saturated rings. The third kappa shape index (κ3) is 7.04. The van der Waals surface area contributed by atoms with Gasteiger partial charge in [-0.3, -0.25) is 4.79 Å². The van der Waals surface area contributed by atoms with Gasteiger partial charge in [0.25, 0.3) is 0 Å². The van der Waals surface area contributed by atoms with Gasteiger partial charge in [0.15, 0.2) is 0 Å². The fraction of sp³-hybridized carbons (Fsp3) is 0.500. The maximum atomic E-state index is 10.3. The van der Waals surface area contributed by atoms with Crippen LogP contribution in [0.25, 0.3) is 0 Å². The van der Waals surface area contributed by atoms with Crippen molar-refractivity contribution in [1.82, 2.24) is 0 Å². The van der Waals surface area contributed by atoms with Crippen LogP contribution in [0.2, 0.25) is 0 Å². The Morgan fingerprint density at radius 2 is 1.91 bits per heavy atom. The third-order valence-corrected chi connectivity index (χ3v) is 0.990. The fourth-order valence-corrected chi connectivity index (χ4v) is 0.536. The van der Waals surface area contributed by atoms with E-state index in [1.807, 2.05) is 0 Å². The molecule has 0 aliphatic carbocycles. The van der Waals surface area contributed by atoms with Gasteiger partial charge in [0, 0.05) is 0 Å². The van der Waals surface area contributed by atoms with Crippen LogP contribution in [0.4, 0.5) is 0 Å². The van der Waals surface area contributed by atoms with Crippen molar-refractivity contribution >= 4 is 11.9 Å². The van der Waals surface area contributed by atoms with E-state index in [9.17, 15) is 18.9 Å². The van der Waals surface area contributed by atoms with E-state index in [4.69, 9.17) is 5.11 Å². The van der Waals surface area contributed by atoms with E-state index in [2.05, 4.69) is 4.29 Å². The summed E-state index contributed by atoms with van der Waals surface area (Å²) in [5.74, 6) is -2.27. The van der Waals surface area contributed by atoms with E-state index < -0.39 is 35.6 Å². The number of hydrogen-bond donors (Lipinski definition) is 1. The van der Waals surface area contributed by atoms with Crippen molar-refractivity contribution in [3.05, 3.63) is 0 Å². The Labute approximate surface area is 64.8 Å². The molecule has 0 rings (SSSR count). The maximum absolute atomic E-state index is 10.3. The summed E-state index contributed by atoms with van der Waals surface area (Å²) in [5.41, 5.74) is 0. The maximum Gasteiger partial charge on any atom is 0.422 e. The molecule has 64 valence electrons. The van der Waals surface area contributed by atoms with Gasteiger partial charge in [-0.2, -0.15) is 0 Å². The van der Waals surface area contributed by atoms with Gasteiger partial charge in [-0.25, -0.2) is 4.79 Å². The highest BCUT2D eigenvalue weighted by Gasteiger charge is 2.18. The monoisotopic (exact) mass is 184 g/mol. The lowest BCUT2D eigenvalue weighted by Crippen LogP contribution is -2.36. The molecule has 6 nitrogen and oxygen atoms in total. The molecule has 0 atom stereocenters. The molecule has 0 saturated carbocycles. The van der Waals surface area contributed by atoms with Gasteiger partial charge < -0.3 is 14.4 Å². The van der Waals surface area contributed by atoms with Crippen LogP contribution in [-0.2, 0) is 13.9 Å². The zero-order chi connectivity index (χ0) is 8.85. The van der Waals surface area contributed by atoms with Crippen molar-refractivity contribution in [2.75, 3.05) is 0 Å². The highest BCUT2D eigenvalue weighted by Crippen LogP contribution is 1.93. The molecular weight excluding hydrogens is 179 g/mol. The number of aliphatic carboxylic acids is 1. The molecule has 0 unspecified atom stereocenters. The molecule has 0 aromatic carbocycles. The first kappa shape index (κ1) is 10.2. The summed E-state index contributed by atoms with van der Waals surface area (Å²) in [6.45, 7) is 0.